The minimum Gasteiger partial charge on any atom is -0.454 e. The summed E-state index contributed by atoms with van der Waals surface area (Å²) in [7, 11) is 3.20. The second kappa shape index (κ2) is 11.8. The number of hydrogen-bond acceptors (Lipinski definition) is 6. The van der Waals surface area contributed by atoms with Gasteiger partial charge in [-0.25, -0.2) is 18.9 Å². The summed E-state index contributed by atoms with van der Waals surface area (Å²) in [5.41, 5.74) is 0.631. The minimum absolute atomic E-state index is 0.0578. The van der Waals surface area contributed by atoms with Crippen molar-refractivity contribution in [3.05, 3.63) is 94.3 Å². The molecule has 1 atom stereocenters. The van der Waals surface area contributed by atoms with Crippen LogP contribution >= 0.6 is 0 Å². The molecule has 40 heavy (non-hydrogen) atoms. The fourth-order valence-corrected chi connectivity index (χ4v) is 4.04. The third kappa shape index (κ3) is 6.18. The zero-order valence-electron chi connectivity index (χ0n) is 22.4. The number of pyridine rings is 1. The van der Waals surface area contributed by atoms with E-state index in [2.05, 4.69) is 15.6 Å². The highest BCUT2D eigenvalue weighted by atomic mass is 19.1. The molecule has 3 amide bonds. The van der Waals surface area contributed by atoms with Crippen LogP contribution in [0.5, 0.6) is 11.5 Å². The predicted molar refractivity (Wildman–Crippen MR) is 148 cm³/mol. The van der Waals surface area contributed by atoms with Crippen LogP contribution < -0.4 is 20.9 Å². The Balaban J connectivity index is 1.47. The van der Waals surface area contributed by atoms with Crippen molar-refractivity contribution in [1.82, 2.24) is 19.2 Å². The number of halogens is 1. The molecule has 0 bridgehead atoms. The smallest absolute Gasteiger partial charge is 0.322 e. The number of rotatable bonds is 8. The Hall–Kier alpha value is -4.97. The molecule has 208 valence electrons. The minimum atomic E-state index is -0.761. The van der Waals surface area contributed by atoms with E-state index in [1.807, 2.05) is 6.07 Å². The first-order valence-electron chi connectivity index (χ1n) is 12.3. The van der Waals surface area contributed by atoms with E-state index in [1.54, 1.807) is 49.8 Å². The van der Waals surface area contributed by atoms with Gasteiger partial charge in [-0.05, 0) is 44.2 Å². The monoisotopic (exact) mass is 548 g/mol. The van der Waals surface area contributed by atoms with Crippen LogP contribution in [-0.2, 0) is 7.05 Å². The van der Waals surface area contributed by atoms with Crippen molar-refractivity contribution in [3.63, 3.8) is 0 Å². The van der Waals surface area contributed by atoms with Crippen LogP contribution in [-0.4, -0.2) is 56.0 Å². The molecule has 4 aromatic rings. The average molecular weight is 549 g/mol. The van der Waals surface area contributed by atoms with Gasteiger partial charge in [0.2, 0.25) is 0 Å². The Morgan fingerprint density at radius 3 is 2.52 bits per heavy atom. The number of hydrogen-bond donors (Lipinski definition) is 3. The predicted octanol–water partition coefficient (Wildman–Crippen LogP) is 3.91. The number of aromatic nitrogens is 3. The molecule has 11 nitrogen and oxygen atoms in total. The van der Waals surface area contributed by atoms with Crippen LogP contribution in [0.2, 0.25) is 0 Å². The molecule has 0 radical (unpaired) electrons. The first-order chi connectivity index (χ1) is 19.0. The summed E-state index contributed by atoms with van der Waals surface area (Å²) in [4.78, 5) is 43.7. The fraction of sp³-hybridized carbons (Fsp3) is 0.214. The van der Waals surface area contributed by atoms with E-state index in [-0.39, 0.29) is 35.1 Å². The summed E-state index contributed by atoms with van der Waals surface area (Å²) >= 11 is 0. The number of anilines is 2. The number of likely N-dealkylation sites (N-methyl/N-ethyl adjacent to an activating group) is 1. The lowest BCUT2D eigenvalue weighted by molar-refractivity contribution is 0.102. The number of amides is 3. The van der Waals surface area contributed by atoms with E-state index in [9.17, 15) is 23.9 Å². The quantitative estimate of drug-likeness (QED) is 0.306. The summed E-state index contributed by atoms with van der Waals surface area (Å²) in [6, 6.07) is 15.2. The van der Waals surface area contributed by atoms with Gasteiger partial charge in [0.1, 0.15) is 17.1 Å². The zero-order valence-corrected chi connectivity index (χ0v) is 22.4. The van der Waals surface area contributed by atoms with Gasteiger partial charge in [-0.2, -0.15) is 0 Å². The maximum Gasteiger partial charge on any atom is 0.322 e. The molecule has 0 saturated carbocycles. The van der Waals surface area contributed by atoms with Crippen molar-refractivity contribution in [3.8, 4) is 17.2 Å². The first-order valence-corrected chi connectivity index (χ1v) is 12.3. The number of carbonyl (C=O) groups excluding carboxylic acids is 2. The number of benzene rings is 2. The highest BCUT2D eigenvalue weighted by Crippen LogP contribution is 2.28. The van der Waals surface area contributed by atoms with Crippen molar-refractivity contribution < 1.29 is 23.8 Å². The molecule has 0 fully saturated rings. The first kappa shape index (κ1) is 28.0. The second-order valence-corrected chi connectivity index (χ2v) is 9.17. The van der Waals surface area contributed by atoms with E-state index in [4.69, 9.17) is 4.74 Å². The summed E-state index contributed by atoms with van der Waals surface area (Å²) in [6.45, 7) is 3.35. The SMILES string of the molecule is Cc1c(C(=O)Nc2ccc(Oc3ccnc(NC(=O)N(C)CC(C)O)c3)c(F)c2)c(=O)n(-c2ccccc2)n1C. The maximum atomic E-state index is 14.9. The molecule has 0 saturated heterocycles. The van der Waals surface area contributed by atoms with Gasteiger partial charge in [-0.3, -0.25) is 19.6 Å². The van der Waals surface area contributed by atoms with E-state index < -0.39 is 29.4 Å². The Morgan fingerprint density at radius 2 is 1.85 bits per heavy atom. The molecule has 2 aromatic heterocycles. The Kier molecular flexibility index (Phi) is 8.29. The largest absolute Gasteiger partial charge is 0.454 e. The van der Waals surface area contributed by atoms with Gasteiger partial charge in [0.25, 0.3) is 11.5 Å². The molecule has 0 aliphatic heterocycles. The summed E-state index contributed by atoms with van der Waals surface area (Å²) < 4.78 is 23.5. The van der Waals surface area contributed by atoms with Gasteiger partial charge in [0.05, 0.1) is 17.5 Å². The molecule has 4 rings (SSSR count). The topological polar surface area (TPSA) is 131 Å². The summed E-state index contributed by atoms with van der Waals surface area (Å²) in [5.74, 6) is -1.18. The molecule has 0 aliphatic rings. The van der Waals surface area contributed by atoms with Crippen molar-refractivity contribution in [2.75, 3.05) is 24.2 Å². The Morgan fingerprint density at radius 1 is 1.12 bits per heavy atom. The number of aliphatic hydroxyl groups excluding tert-OH is 1. The number of aliphatic hydroxyl groups is 1. The molecule has 2 heterocycles. The highest BCUT2D eigenvalue weighted by molar-refractivity contribution is 6.05. The number of nitrogens with zero attached hydrogens (tertiary/aromatic N) is 4. The molecular weight excluding hydrogens is 519 g/mol. The fourth-order valence-electron chi connectivity index (χ4n) is 4.04. The lowest BCUT2D eigenvalue weighted by Crippen LogP contribution is -2.36. The van der Waals surface area contributed by atoms with Crippen LogP contribution in [0, 0.1) is 12.7 Å². The van der Waals surface area contributed by atoms with Crippen LogP contribution in [0.1, 0.15) is 23.0 Å². The van der Waals surface area contributed by atoms with Gasteiger partial charge in [0, 0.05) is 44.7 Å². The number of ether oxygens (including phenoxy) is 1. The molecular formula is C28H29FN6O5. The number of carbonyl (C=O) groups is 2. The lowest BCUT2D eigenvalue weighted by Gasteiger charge is -2.19. The van der Waals surface area contributed by atoms with Gasteiger partial charge >= 0.3 is 6.03 Å². The number of urea groups is 1. The molecule has 3 N–H and O–H groups in total. The molecule has 12 heteroatoms. The van der Waals surface area contributed by atoms with Gasteiger partial charge in [-0.1, -0.05) is 18.2 Å². The van der Waals surface area contributed by atoms with E-state index in [0.29, 0.717) is 11.4 Å². The van der Waals surface area contributed by atoms with Gasteiger partial charge < -0.3 is 20.1 Å². The van der Waals surface area contributed by atoms with Crippen molar-refractivity contribution in [2.24, 2.45) is 7.05 Å². The summed E-state index contributed by atoms with van der Waals surface area (Å²) in [5, 5.41) is 14.6. The van der Waals surface area contributed by atoms with Crippen molar-refractivity contribution >= 4 is 23.4 Å². The van der Waals surface area contributed by atoms with Crippen molar-refractivity contribution in [2.45, 2.75) is 20.0 Å². The van der Waals surface area contributed by atoms with Crippen LogP contribution in [0.25, 0.3) is 5.69 Å². The summed E-state index contributed by atoms with van der Waals surface area (Å²) in [6.07, 6.45) is 0.690. The normalized spacial score (nSPS) is 11.6. The van der Waals surface area contributed by atoms with Gasteiger partial charge in [0.15, 0.2) is 11.6 Å². The molecule has 0 aliphatic carbocycles. The molecule has 1 unspecified atom stereocenters. The third-order valence-corrected chi connectivity index (χ3v) is 6.05. The lowest BCUT2D eigenvalue weighted by atomic mass is 10.2. The average Bonchev–Trinajstić information content (AvgIpc) is 3.13. The maximum absolute atomic E-state index is 14.9. The standard InChI is InChI=1S/C28H29FN6O5/c1-17(36)16-33(3)28(39)32-24-15-21(12-13-30-24)40-23-11-10-19(14-22(23)29)31-26(37)25-18(2)34(4)35(27(25)38)20-8-6-5-7-9-20/h5-15,17,36H,16H2,1-4H3,(H,31,37)(H,30,32,39). The highest BCUT2D eigenvalue weighted by Gasteiger charge is 2.22. The van der Waals surface area contributed by atoms with Gasteiger partial charge in [-0.15, -0.1) is 0 Å². The van der Waals surface area contributed by atoms with Crippen LogP contribution in [0.15, 0.2) is 71.7 Å². The molecule has 2 aromatic carbocycles. The number of para-hydroxylation sites is 1. The zero-order chi connectivity index (χ0) is 29.0. The van der Waals surface area contributed by atoms with Crippen molar-refractivity contribution in [1.29, 1.82) is 0 Å². The second-order valence-electron chi connectivity index (χ2n) is 9.17. The molecule has 0 spiro atoms. The van der Waals surface area contributed by atoms with E-state index >= 15 is 0 Å². The third-order valence-electron chi connectivity index (χ3n) is 6.05. The Labute approximate surface area is 229 Å². The Bertz CT molecular complexity index is 1600. The van der Waals surface area contributed by atoms with Crippen LogP contribution in [0.3, 0.4) is 0 Å². The van der Waals surface area contributed by atoms with E-state index in [0.717, 1.165) is 6.07 Å². The van der Waals surface area contributed by atoms with Crippen LogP contribution in [0.4, 0.5) is 20.7 Å². The van der Waals surface area contributed by atoms with E-state index in [1.165, 1.54) is 47.1 Å². The number of nitrogens with one attached hydrogen (secondary N) is 2.